The first kappa shape index (κ1) is 20.0. The molecule has 1 saturated carbocycles. The van der Waals surface area contributed by atoms with Crippen molar-refractivity contribution in [2.45, 2.75) is 25.8 Å². The van der Waals surface area contributed by atoms with E-state index in [1.165, 1.54) is 5.56 Å². The molecular weight excluding hydrogens is 400 g/mol. The van der Waals surface area contributed by atoms with E-state index in [1.54, 1.807) is 29.9 Å². The predicted octanol–water partition coefficient (Wildman–Crippen LogP) is 4.48. The molecule has 0 unspecified atom stereocenters. The number of nitrogens with zero attached hydrogens (tertiary/aromatic N) is 3. The maximum absolute atomic E-state index is 13.5. The molecule has 0 saturated heterocycles. The lowest BCUT2D eigenvalue weighted by atomic mass is 10.0. The van der Waals surface area contributed by atoms with Crippen LogP contribution < -0.4 is 10.2 Å². The molecule has 32 heavy (non-hydrogen) atoms. The van der Waals surface area contributed by atoms with Crippen molar-refractivity contribution >= 4 is 23.0 Å². The van der Waals surface area contributed by atoms with Crippen molar-refractivity contribution in [3.05, 3.63) is 89.7 Å². The second-order valence-electron chi connectivity index (χ2n) is 8.20. The van der Waals surface area contributed by atoms with Crippen LogP contribution in [-0.2, 0) is 0 Å². The van der Waals surface area contributed by atoms with Crippen molar-refractivity contribution in [3.63, 3.8) is 0 Å². The van der Waals surface area contributed by atoms with Crippen LogP contribution in [0.5, 0.6) is 0 Å². The Morgan fingerprint density at radius 3 is 2.38 bits per heavy atom. The zero-order valence-electron chi connectivity index (χ0n) is 18.1. The monoisotopic (exact) mass is 424 g/mol. The van der Waals surface area contributed by atoms with Crippen LogP contribution in [0.2, 0.25) is 0 Å². The molecule has 5 rings (SSSR count). The number of hydrogen-bond acceptors (Lipinski definition) is 3. The lowest BCUT2D eigenvalue weighted by Gasteiger charge is -2.23. The smallest absolute Gasteiger partial charge is 0.258 e. The summed E-state index contributed by atoms with van der Waals surface area (Å²) in [5, 5.41) is 7.07. The van der Waals surface area contributed by atoms with E-state index in [9.17, 15) is 9.59 Å². The zero-order chi connectivity index (χ0) is 22.2. The number of anilines is 1. The molecule has 0 atom stereocenters. The highest BCUT2D eigenvalue weighted by atomic mass is 16.2. The standard InChI is InChI=1S/C26H24N4O2/c1-17-3-9-21(10-4-17)30(22-11-12-22)26(32)20-13-14-29-24(15-20)23(16-28-29)18-5-7-19(8-6-18)25(31)27-2/h3-10,13-16,22H,11-12H2,1-2H3,(H,27,31). The third-order valence-corrected chi connectivity index (χ3v) is 5.90. The fraction of sp³-hybridized carbons (Fsp3) is 0.192. The van der Waals surface area contributed by atoms with Gasteiger partial charge in [0, 0.05) is 41.7 Å². The molecule has 1 fully saturated rings. The fourth-order valence-corrected chi connectivity index (χ4v) is 3.95. The van der Waals surface area contributed by atoms with Gasteiger partial charge in [-0.05, 0) is 61.7 Å². The molecule has 2 aromatic carbocycles. The maximum atomic E-state index is 13.5. The highest BCUT2D eigenvalue weighted by Crippen LogP contribution is 2.34. The minimum atomic E-state index is -0.124. The Morgan fingerprint density at radius 2 is 1.72 bits per heavy atom. The van der Waals surface area contributed by atoms with Crippen LogP contribution in [0.1, 0.15) is 39.1 Å². The number of aromatic nitrogens is 2. The van der Waals surface area contributed by atoms with Gasteiger partial charge >= 0.3 is 0 Å². The summed E-state index contributed by atoms with van der Waals surface area (Å²) >= 11 is 0. The van der Waals surface area contributed by atoms with E-state index in [1.807, 2.05) is 66.6 Å². The quantitative estimate of drug-likeness (QED) is 0.514. The number of aryl methyl sites for hydroxylation is 1. The molecule has 6 nitrogen and oxygen atoms in total. The van der Waals surface area contributed by atoms with Gasteiger partial charge in [-0.2, -0.15) is 5.10 Å². The van der Waals surface area contributed by atoms with E-state index >= 15 is 0 Å². The first-order valence-corrected chi connectivity index (χ1v) is 10.8. The van der Waals surface area contributed by atoms with Gasteiger partial charge in [-0.3, -0.25) is 9.59 Å². The highest BCUT2D eigenvalue weighted by Gasteiger charge is 2.34. The minimum absolute atomic E-state index is 0.000896. The molecule has 6 heteroatoms. The average Bonchev–Trinajstić information content (AvgIpc) is 3.57. The Hall–Kier alpha value is -3.93. The van der Waals surface area contributed by atoms with Crippen molar-refractivity contribution in [1.29, 1.82) is 0 Å². The summed E-state index contributed by atoms with van der Waals surface area (Å²) in [5.74, 6) is -0.124. The number of benzene rings is 2. The number of rotatable bonds is 5. The molecule has 4 aromatic rings. The molecule has 0 spiro atoms. The summed E-state index contributed by atoms with van der Waals surface area (Å²) in [6.45, 7) is 2.04. The first-order valence-electron chi connectivity index (χ1n) is 10.8. The Morgan fingerprint density at radius 1 is 1.00 bits per heavy atom. The van der Waals surface area contributed by atoms with Crippen LogP contribution in [0.3, 0.4) is 0 Å². The van der Waals surface area contributed by atoms with E-state index in [4.69, 9.17) is 0 Å². The molecular formula is C26H24N4O2. The Labute approximate surface area is 186 Å². The third kappa shape index (κ3) is 3.64. The zero-order valence-corrected chi connectivity index (χ0v) is 18.1. The summed E-state index contributed by atoms with van der Waals surface area (Å²) < 4.78 is 1.77. The van der Waals surface area contributed by atoms with Crippen LogP contribution in [-0.4, -0.2) is 34.5 Å². The van der Waals surface area contributed by atoms with Gasteiger partial charge in [0.25, 0.3) is 11.8 Å². The minimum Gasteiger partial charge on any atom is -0.355 e. The third-order valence-electron chi connectivity index (χ3n) is 5.90. The van der Waals surface area contributed by atoms with Crippen molar-refractivity contribution < 1.29 is 9.59 Å². The number of hydrogen-bond donors (Lipinski definition) is 1. The van der Waals surface area contributed by atoms with Gasteiger partial charge in [-0.25, -0.2) is 4.52 Å². The van der Waals surface area contributed by atoms with Crippen LogP contribution in [0.25, 0.3) is 16.6 Å². The van der Waals surface area contributed by atoms with Crippen molar-refractivity contribution in [2.75, 3.05) is 11.9 Å². The highest BCUT2D eigenvalue weighted by molar-refractivity contribution is 6.08. The molecule has 0 aliphatic heterocycles. The van der Waals surface area contributed by atoms with Gasteiger partial charge < -0.3 is 10.2 Å². The van der Waals surface area contributed by atoms with Gasteiger partial charge in [0.05, 0.1) is 11.7 Å². The molecule has 2 amide bonds. The van der Waals surface area contributed by atoms with Crippen LogP contribution in [0.4, 0.5) is 5.69 Å². The molecule has 1 aliphatic rings. The Kier molecular flexibility index (Phi) is 4.98. The molecule has 2 heterocycles. The Balaban J connectivity index is 1.51. The summed E-state index contributed by atoms with van der Waals surface area (Å²) in [4.78, 5) is 27.3. The van der Waals surface area contributed by atoms with E-state index in [2.05, 4.69) is 10.4 Å². The molecule has 1 aliphatic carbocycles. The topological polar surface area (TPSA) is 66.7 Å². The number of carbonyl (C=O) groups is 2. The van der Waals surface area contributed by atoms with Gasteiger partial charge in [-0.1, -0.05) is 29.8 Å². The number of amides is 2. The summed E-state index contributed by atoms with van der Waals surface area (Å²) in [5.41, 5.74) is 6.04. The van der Waals surface area contributed by atoms with E-state index in [0.29, 0.717) is 11.1 Å². The molecule has 0 bridgehead atoms. The average molecular weight is 425 g/mol. The molecule has 0 radical (unpaired) electrons. The lowest BCUT2D eigenvalue weighted by Crippen LogP contribution is -2.33. The lowest BCUT2D eigenvalue weighted by molar-refractivity contribution is 0.0960. The van der Waals surface area contributed by atoms with Gasteiger partial charge in [0.15, 0.2) is 0 Å². The number of fused-ring (bicyclic) bond motifs is 1. The van der Waals surface area contributed by atoms with Gasteiger partial charge in [0.2, 0.25) is 0 Å². The van der Waals surface area contributed by atoms with Crippen LogP contribution in [0.15, 0.2) is 73.1 Å². The molecule has 2 aromatic heterocycles. The van der Waals surface area contributed by atoms with Crippen molar-refractivity contribution in [2.24, 2.45) is 0 Å². The predicted molar refractivity (Wildman–Crippen MR) is 125 cm³/mol. The molecule has 1 N–H and O–H groups in total. The first-order chi connectivity index (χ1) is 15.5. The summed E-state index contributed by atoms with van der Waals surface area (Å²) in [6.07, 6.45) is 5.66. The summed E-state index contributed by atoms with van der Waals surface area (Å²) in [7, 11) is 1.61. The van der Waals surface area contributed by atoms with Crippen molar-refractivity contribution in [3.8, 4) is 11.1 Å². The fourth-order valence-electron chi connectivity index (χ4n) is 3.95. The Bertz CT molecular complexity index is 1300. The molecule has 160 valence electrons. The SMILES string of the molecule is CNC(=O)c1ccc(-c2cnn3ccc(C(=O)N(c4ccc(C)cc4)C4CC4)cc23)cc1. The second-order valence-corrected chi connectivity index (χ2v) is 8.20. The van der Waals surface area contributed by atoms with Crippen molar-refractivity contribution in [1.82, 2.24) is 14.9 Å². The summed E-state index contributed by atoms with van der Waals surface area (Å²) in [6, 6.07) is 19.5. The van der Waals surface area contributed by atoms with E-state index in [-0.39, 0.29) is 17.9 Å². The van der Waals surface area contributed by atoms with E-state index in [0.717, 1.165) is 35.2 Å². The van der Waals surface area contributed by atoms with Crippen LogP contribution in [0, 0.1) is 6.92 Å². The number of pyridine rings is 1. The number of nitrogens with one attached hydrogen (secondary N) is 1. The number of carbonyl (C=O) groups excluding carboxylic acids is 2. The second kappa shape index (κ2) is 7.96. The van der Waals surface area contributed by atoms with Crippen LogP contribution >= 0.6 is 0 Å². The van der Waals surface area contributed by atoms with E-state index < -0.39 is 0 Å². The maximum Gasteiger partial charge on any atom is 0.258 e. The van der Waals surface area contributed by atoms with Gasteiger partial charge in [0.1, 0.15) is 0 Å². The largest absolute Gasteiger partial charge is 0.355 e. The normalized spacial score (nSPS) is 13.2. The van der Waals surface area contributed by atoms with Gasteiger partial charge in [-0.15, -0.1) is 0 Å².